The van der Waals surface area contributed by atoms with E-state index in [0.717, 1.165) is 30.9 Å². The highest BCUT2D eigenvalue weighted by Gasteiger charge is 2.07. The lowest BCUT2D eigenvalue weighted by molar-refractivity contribution is 1.46. The molecule has 5 heteroatoms. The number of benzene rings is 2. The van der Waals surface area contributed by atoms with E-state index in [-0.39, 0.29) is 0 Å². The Labute approximate surface area is 128 Å². The molecule has 2 aromatic carbocycles. The molecule has 0 bridgehead atoms. The second-order valence-corrected chi connectivity index (χ2v) is 6.01. The van der Waals surface area contributed by atoms with Crippen LogP contribution in [-0.2, 0) is 0 Å². The van der Waals surface area contributed by atoms with Crippen LogP contribution in [0.2, 0.25) is 0 Å². The number of fused-ring (bicyclic) bond motifs is 1. The number of thiazole rings is 1. The summed E-state index contributed by atoms with van der Waals surface area (Å²) < 4.78 is 2.15. The van der Waals surface area contributed by atoms with Crippen LogP contribution in [-0.4, -0.2) is 10.1 Å². The van der Waals surface area contributed by atoms with Gasteiger partial charge in [0, 0.05) is 10.0 Å². The van der Waals surface area contributed by atoms with Gasteiger partial charge < -0.3 is 0 Å². The van der Waals surface area contributed by atoms with Gasteiger partial charge in [-0.15, -0.1) is 11.3 Å². The van der Waals surface area contributed by atoms with Crippen molar-refractivity contribution in [1.29, 1.82) is 0 Å². The Kier molecular flexibility index (Phi) is 3.53. The Morgan fingerprint density at radius 3 is 2.89 bits per heavy atom. The third kappa shape index (κ3) is 2.65. The summed E-state index contributed by atoms with van der Waals surface area (Å²) in [5.74, 6) is 0. The molecule has 0 atom stereocenters. The Morgan fingerprint density at radius 2 is 2.11 bits per heavy atom. The first-order valence-electron chi connectivity index (χ1n) is 5.51. The lowest BCUT2D eigenvalue weighted by atomic mass is 10.2. The van der Waals surface area contributed by atoms with E-state index in [1.165, 1.54) is 0 Å². The Hall–Kier alpha value is -1.39. The van der Waals surface area contributed by atoms with E-state index in [1.807, 2.05) is 30.3 Å². The summed E-state index contributed by atoms with van der Waals surface area (Å²) in [6.07, 6.45) is 0. The lowest BCUT2D eigenvalue weighted by Gasteiger charge is -1.95. The molecule has 0 radical (unpaired) electrons. The van der Waals surface area contributed by atoms with Gasteiger partial charge in [0.2, 0.25) is 0 Å². The van der Waals surface area contributed by atoms with E-state index < -0.39 is 0 Å². The number of aromatic nitrogens is 1. The summed E-state index contributed by atoms with van der Waals surface area (Å²) in [6, 6.07) is 14.0. The van der Waals surface area contributed by atoms with Crippen LogP contribution in [0, 0.1) is 0 Å². The number of isothiocyanates is 1. The molecule has 0 N–H and O–H groups in total. The number of nitrogens with zero attached hydrogens (tertiary/aromatic N) is 2. The molecule has 0 saturated carbocycles. The van der Waals surface area contributed by atoms with Crippen LogP contribution < -0.4 is 0 Å². The lowest BCUT2D eigenvalue weighted by Crippen LogP contribution is -1.75. The molecule has 0 aliphatic carbocycles. The first kappa shape index (κ1) is 12.6. The maximum absolute atomic E-state index is 4.63. The fraction of sp³-hybridized carbons (Fsp3) is 0. The first-order valence-corrected chi connectivity index (χ1v) is 7.52. The number of thiocarbonyl (C=S) groups is 1. The summed E-state index contributed by atoms with van der Waals surface area (Å²) in [6.45, 7) is 0. The largest absolute Gasteiger partial charge is 0.236 e. The SMILES string of the molecule is S=C=Nc1ccc2nc(-c3cccc(Br)c3)sc2c1. The van der Waals surface area contributed by atoms with Crippen molar-refractivity contribution in [3.63, 3.8) is 0 Å². The highest BCUT2D eigenvalue weighted by atomic mass is 79.9. The molecule has 3 rings (SSSR count). The standard InChI is InChI=1S/C14H7BrN2S2/c15-10-3-1-2-9(6-10)14-17-12-5-4-11(16-8-18)7-13(12)19-14/h1-7H. The number of hydrogen-bond donors (Lipinski definition) is 0. The predicted molar refractivity (Wildman–Crippen MR) is 87.4 cm³/mol. The Balaban J connectivity index is 2.13. The molecule has 0 saturated heterocycles. The Bertz CT molecular complexity index is 804. The van der Waals surface area contributed by atoms with Crippen LogP contribution in [0.1, 0.15) is 0 Å². The summed E-state index contributed by atoms with van der Waals surface area (Å²) in [5, 5.41) is 3.38. The van der Waals surface area contributed by atoms with Gasteiger partial charge in [0.05, 0.1) is 21.1 Å². The average molecular weight is 347 g/mol. The normalized spacial score (nSPS) is 10.4. The van der Waals surface area contributed by atoms with Gasteiger partial charge >= 0.3 is 0 Å². The fourth-order valence-electron chi connectivity index (χ4n) is 1.78. The van der Waals surface area contributed by atoms with Gasteiger partial charge in [0.25, 0.3) is 0 Å². The number of rotatable bonds is 2. The zero-order valence-electron chi connectivity index (χ0n) is 9.63. The topological polar surface area (TPSA) is 25.2 Å². The van der Waals surface area contributed by atoms with E-state index in [0.29, 0.717) is 0 Å². The predicted octanol–water partition coefficient (Wildman–Crippen LogP) is 5.46. The van der Waals surface area contributed by atoms with E-state index >= 15 is 0 Å². The van der Waals surface area contributed by atoms with Crippen molar-refractivity contribution in [2.24, 2.45) is 4.99 Å². The smallest absolute Gasteiger partial charge is 0.124 e. The van der Waals surface area contributed by atoms with Crippen LogP contribution >= 0.6 is 39.5 Å². The first-order chi connectivity index (χ1) is 9.26. The van der Waals surface area contributed by atoms with Crippen molar-refractivity contribution in [1.82, 2.24) is 4.98 Å². The zero-order chi connectivity index (χ0) is 13.2. The van der Waals surface area contributed by atoms with Crippen LogP contribution in [0.5, 0.6) is 0 Å². The minimum Gasteiger partial charge on any atom is -0.236 e. The molecule has 3 aromatic rings. The van der Waals surface area contributed by atoms with Crippen LogP contribution in [0.4, 0.5) is 5.69 Å². The molecule has 2 nitrogen and oxygen atoms in total. The fourth-order valence-corrected chi connectivity index (χ4v) is 3.28. The molecule has 92 valence electrons. The molecule has 1 heterocycles. The van der Waals surface area contributed by atoms with Gasteiger partial charge in [0.1, 0.15) is 5.01 Å². The highest BCUT2D eigenvalue weighted by Crippen LogP contribution is 2.33. The van der Waals surface area contributed by atoms with E-state index in [1.54, 1.807) is 11.3 Å². The van der Waals surface area contributed by atoms with Crippen molar-refractivity contribution < 1.29 is 0 Å². The van der Waals surface area contributed by atoms with Crippen molar-refractivity contribution in [3.05, 3.63) is 46.9 Å². The molecular formula is C14H7BrN2S2. The van der Waals surface area contributed by atoms with Crippen LogP contribution in [0.3, 0.4) is 0 Å². The molecule has 0 amide bonds. The maximum atomic E-state index is 4.63. The Morgan fingerprint density at radius 1 is 1.21 bits per heavy atom. The summed E-state index contributed by atoms with van der Waals surface area (Å²) in [7, 11) is 0. The monoisotopic (exact) mass is 346 g/mol. The summed E-state index contributed by atoms with van der Waals surface area (Å²) >= 11 is 9.74. The minimum absolute atomic E-state index is 0.812. The second-order valence-electron chi connectivity index (χ2n) is 3.88. The van der Waals surface area contributed by atoms with Crippen LogP contribution in [0.15, 0.2) is 51.9 Å². The molecule has 1 aromatic heterocycles. The average Bonchev–Trinajstić information content (AvgIpc) is 2.82. The van der Waals surface area contributed by atoms with Gasteiger partial charge in [-0.1, -0.05) is 28.1 Å². The quantitative estimate of drug-likeness (QED) is 0.454. The second kappa shape index (κ2) is 5.31. The van der Waals surface area contributed by atoms with Crippen molar-refractivity contribution in [3.8, 4) is 10.6 Å². The maximum Gasteiger partial charge on any atom is 0.124 e. The van der Waals surface area contributed by atoms with Gasteiger partial charge in [-0.3, -0.25) is 0 Å². The van der Waals surface area contributed by atoms with Gasteiger partial charge in [-0.2, -0.15) is 4.99 Å². The van der Waals surface area contributed by atoms with Gasteiger partial charge in [-0.05, 0) is 42.5 Å². The summed E-state index contributed by atoms with van der Waals surface area (Å²) in [4.78, 5) is 8.62. The van der Waals surface area contributed by atoms with E-state index in [4.69, 9.17) is 0 Å². The molecule has 0 aliphatic heterocycles. The molecule has 0 fully saturated rings. The van der Waals surface area contributed by atoms with Gasteiger partial charge in [0.15, 0.2) is 0 Å². The molecule has 0 unspecified atom stereocenters. The number of aliphatic imine (C=N–C) groups is 1. The zero-order valence-corrected chi connectivity index (χ0v) is 12.8. The number of hydrogen-bond acceptors (Lipinski definition) is 4. The third-order valence-corrected chi connectivity index (χ3v) is 4.27. The molecule has 0 spiro atoms. The highest BCUT2D eigenvalue weighted by molar-refractivity contribution is 9.10. The molecule has 0 aliphatic rings. The minimum atomic E-state index is 0.812. The van der Waals surface area contributed by atoms with E-state index in [2.05, 4.69) is 55.4 Å². The number of halogens is 1. The third-order valence-electron chi connectivity index (χ3n) is 2.62. The van der Waals surface area contributed by atoms with Crippen LogP contribution in [0.25, 0.3) is 20.8 Å². The summed E-state index contributed by atoms with van der Waals surface area (Å²) in [5.41, 5.74) is 2.89. The van der Waals surface area contributed by atoms with Crippen molar-refractivity contribution in [2.45, 2.75) is 0 Å². The molecular weight excluding hydrogens is 340 g/mol. The molecule has 19 heavy (non-hydrogen) atoms. The van der Waals surface area contributed by atoms with Gasteiger partial charge in [-0.25, -0.2) is 4.98 Å². The van der Waals surface area contributed by atoms with E-state index in [9.17, 15) is 0 Å². The van der Waals surface area contributed by atoms with Crippen molar-refractivity contribution in [2.75, 3.05) is 0 Å². The van der Waals surface area contributed by atoms with Crippen molar-refractivity contribution >= 4 is 60.5 Å².